The summed E-state index contributed by atoms with van der Waals surface area (Å²) in [5.41, 5.74) is 2.68. The number of methoxy groups -OCH3 is 1. The number of amides is 1. The molecule has 5 rings (SSSR count). The molecule has 0 spiro atoms. The first-order chi connectivity index (χ1) is 15.7. The van der Waals surface area contributed by atoms with Gasteiger partial charge in [0.2, 0.25) is 0 Å². The smallest absolute Gasteiger partial charge is 0.254 e. The molecule has 1 amide bonds. The summed E-state index contributed by atoms with van der Waals surface area (Å²) in [6, 6.07) is 15.8. The van der Waals surface area contributed by atoms with Gasteiger partial charge in [0.15, 0.2) is 0 Å². The summed E-state index contributed by atoms with van der Waals surface area (Å²) in [4.78, 5) is 19.8. The van der Waals surface area contributed by atoms with Crippen LogP contribution in [0.25, 0.3) is 21.9 Å². The number of aromatic nitrogens is 3. The lowest BCUT2D eigenvalue weighted by molar-refractivity contribution is 0.0683. The van der Waals surface area contributed by atoms with Crippen molar-refractivity contribution in [1.29, 1.82) is 0 Å². The Morgan fingerprint density at radius 1 is 1.00 bits per heavy atom. The predicted molar refractivity (Wildman–Crippen MR) is 125 cm³/mol. The van der Waals surface area contributed by atoms with E-state index in [-0.39, 0.29) is 5.91 Å². The van der Waals surface area contributed by atoms with E-state index in [9.17, 15) is 4.79 Å². The summed E-state index contributed by atoms with van der Waals surface area (Å²) in [6.07, 6.45) is 9.34. The molecule has 2 aromatic carbocycles. The van der Waals surface area contributed by atoms with Crippen LogP contribution in [-0.4, -0.2) is 45.8 Å². The van der Waals surface area contributed by atoms with Crippen molar-refractivity contribution in [2.24, 2.45) is 5.92 Å². The number of nitrogens with zero attached hydrogens (tertiary/aromatic N) is 4. The molecular weight excluding hydrogens is 400 g/mol. The van der Waals surface area contributed by atoms with Gasteiger partial charge in [0.1, 0.15) is 5.75 Å². The number of carbonyl (C=O) groups excluding carboxylic acids is 1. The van der Waals surface area contributed by atoms with E-state index in [1.54, 1.807) is 13.3 Å². The molecule has 0 radical (unpaired) electrons. The molecule has 0 N–H and O–H groups in total. The molecule has 0 atom stereocenters. The van der Waals surface area contributed by atoms with Crippen LogP contribution in [0.3, 0.4) is 0 Å². The number of piperidine rings is 1. The number of hydrogen-bond donors (Lipinski definition) is 0. The number of likely N-dealkylation sites (tertiary alicyclic amines) is 1. The molecule has 1 fully saturated rings. The average molecular weight is 427 g/mol. The Balaban J connectivity index is 1.41. The lowest BCUT2D eigenvalue weighted by atomic mass is 9.93. The molecule has 4 aromatic rings. The van der Waals surface area contributed by atoms with Gasteiger partial charge < -0.3 is 9.64 Å². The second-order valence-electron chi connectivity index (χ2n) is 8.25. The van der Waals surface area contributed by atoms with Crippen molar-refractivity contribution in [1.82, 2.24) is 19.7 Å². The number of fused-ring (bicyclic) bond motifs is 1. The van der Waals surface area contributed by atoms with Gasteiger partial charge in [0, 0.05) is 55.5 Å². The van der Waals surface area contributed by atoms with Crippen LogP contribution in [0.2, 0.25) is 0 Å². The van der Waals surface area contributed by atoms with Crippen LogP contribution in [-0.2, 0) is 6.54 Å². The van der Waals surface area contributed by atoms with Crippen molar-refractivity contribution in [3.05, 3.63) is 78.9 Å². The fourth-order valence-corrected chi connectivity index (χ4v) is 4.66. The van der Waals surface area contributed by atoms with Crippen molar-refractivity contribution in [3.8, 4) is 16.9 Å². The monoisotopic (exact) mass is 426 g/mol. The Kier molecular flexibility index (Phi) is 5.58. The van der Waals surface area contributed by atoms with Crippen molar-refractivity contribution in [2.45, 2.75) is 19.4 Å². The second-order valence-corrected chi connectivity index (χ2v) is 8.25. The number of hydrogen-bond acceptors (Lipinski definition) is 4. The molecule has 3 heterocycles. The Hall–Kier alpha value is -3.67. The zero-order valence-corrected chi connectivity index (χ0v) is 18.1. The molecule has 0 saturated carbocycles. The zero-order valence-electron chi connectivity index (χ0n) is 18.1. The number of pyridine rings is 1. The molecule has 1 aliphatic heterocycles. The number of ether oxygens (including phenoxy) is 1. The van der Waals surface area contributed by atoms with E-state index < -0.39 is 0 Å². The van der Waals surface area contributed by atoms with Gasteiger partial charge in [-0.15, -0.1) is 0 Å². The molecule has 0 aliphatic carbocycles. The van der Waals surface area contributed by atoms with Gasteiger partial charge in [-0.2, -0.15) is 5.10 Å². The Morgan fingerprint density at radius 2 is 1.81 bits per heavy atom. The summed E-state index contributed by atoms with van der Waals surface area (Å²) in [5.74, 6) is 1.42. The number of carbonyl (C=O) groups is 1. The van der Waals surface area contributed by atoms with Gasteiger partial charge in [0.05, 0.1) is 7.11 Å². The molecule has 6 nitrogen and oxygen atoms in total. The van der Waals surface area contributed by atoms with E-state index >= 15 is 0 Å². The van der Waals surface area contributed by atoms with Gasteiger partial charge in [0.25, 0.3) is 5.91 Å². The van der Waals surface area contributed by atoms with Gasteiger partial charge >= 0.3 is 0 Å². The van der Waals surface area contributed by atoms with Gasteiger partial charge in [-0.05, 0) is 53.3 Å². The summed E-state index contributed by atoms with van der Waals surface area (Å²) in [7, 11) is 1.66. The fraction of sp³-hybridized carbons (Fsp3) is 0.269. The second kappa shape index (κ2) is 8.83. The van der Waals surface area contributed by atoms with Crippen molar-refractivity contribution in [3.63, 3.8) is 0 Å². The molecular formula is C26H26N4O2. The molecule has 0 bridgehead atoms. The summed E-state index contributed by atoms with van der Waals surface area (Å²) < 4.78 is 7.53. The third kappa shape index (κ3) is 3.84. The van der Waals surface area contributed by atoms with Crippen LogP contribution < -0.4 is 4.74 Å². The van der Waals surface area contributed by atoms with Crippen LogP contribution >= 0.6 is 0 Å². The van der Waals surface area contributed by atoms with Crippen LogP contribution in [0.5, 0.6) is 5.75 Å². The van der Waals surface area contributed by atoms with Crippen molar-refractivity contribution in [2.75, 3.05) is 20.2 Å². The highest BCUT2D eigenvalue weighted by Crippen LogP contribution is 2.35. The van der Waals surface area contributed by atoms with Gasteiger partial charge in [-0.25, -0.2) is 0 Å². The molecule has 1 saturated heterocycles. The summed E-state index contributed by atoms with van der Waals surface area (Å²) in [5, 5.41) is 6.30. The van der Waals surface area contributed by atoms with Crippen molar-refractivity contribution >= 4 is 16.7 Å². The number of rotatable bonds is 5. The lowest BCUT2D eigenvalue weighted by Gasteiger charge is -2.32. The number of benzene rings is 2. The predicted octanol–water partition coefficient (Wildman–Crippen LogP) is 4.66. The normalized spacial score (nSPS) is 14.6. The largest absolute Gasteiger partial charge is 0.496 e. The fourth-order valence-electron chi connectivity index (χ4n) is 4.66. The minimum Gasteiger partial charge on any atom is -0.496 e. The summed E-state index contributed by atoms with van der Waals surface area (Å²) >= 11 is 0. The first-order valence-electron chi connectivity index (χ1n) is 11.0. The maximum atomic E-state index is 13.5. The van der Waals surface area contributed by atoms with E-state index in [2.05, 4.69) is 22.2 Å². The summed E-state index contributed by atoms with van der Waals surface area (Å²) in [6.45, 7) is 2.47. The Morgan fingerprint density at radius 3 is 2.59 bits per heavy atom. The van der Waals surface area contributed by atoms with E-state index in [0.29, 0.717) is 5.92 Å². The lowest BCUT2D eigenvalue weighted by Crippen LogP contribution is -2.39. The third-order valence-corrected chi connectivity index (χ3v) is 6.35. The maximum Gasteiger partial charge on any atom is 0.254 e. The molecule has 162 valence electrons. The quantitative estimate of drug-likeness (QED) is 0.466. The minimum absolute atomic E-state index is 0.100. The molecule has 6 heteroatoms. The standard InChI is InChI=1S/C26H26N4O2/c1-32-25-9-13-27-17-24(25)22-7-2-6-21-20(22)5-3-8-23(21)26(31)29-15-10-19(11-16-29)18-30-14-4-12-28-30/h2-9,12-14,17,19H,10-11,15-16,18H2,1H3. The Bertz CT molecular complexity index is 1230. The first-order valence-corrected chi connectivity index (χ1v) is 11.0. The van der Waals surface area contributed by atoms with Crippen molar-refractivity contribution < 1.29 is 9.53 Å². The first kappa shape index (κ1) is 20.2. The molecule has 2 aromatic heterocycles. The van der Waals surface area contributed by atoms with Crippen LogP contribution in [0, 0.1) is 5.92 Å². The van der Waals surface area contributed by atoms with E-state index in [1.807, 2.05) is 64.6 Å². The van der Waals surface area contributed by atoms with Gasteiger partial charge in [-0.3, -0.25) is 14.5 Å². The van der Waals surface area contributed by atoms with Crippen LogP contribution in [0.15, 0.2) is 73.3 Å². The Labute approximate surface area is 187 Å². The van der Waals surface area contributed by atoms with Crippen LogP contribution in [0.4, 0.5) is 0 Å². The molecule has 0 unspecified atom stereocenters. The minimum atomic E-state index is 0.100. The van der Waals surface area contributed by atoms with E-state index in [4.69, 9.17) is 4.74 Å². The topological polar surface area (TPSA) is 60.2 Å². The molecule has 32 heavy (non-hydrogen) atoms. The van der Waals surface area contributed by atoms with E-state index in [0.717, 1.165) is 65.7 Å². The van der Waals surface area contributed by atoms with E-state index in [1.165, 1.54) is 0 Å². The highest BCUT2D eigenvalue weighted by molar-refractivity contribution is 6.10. The zero-order chi connectivity index (χ0) is 21.9. The SMILES string of the molecule is COc1ccncc1-c1cccc2c(C(=O)N3CCC(Cn4cccn4)CC3)cccc12. The maximum absolute atomic E-state index is 13.5. The highest BCUT2D eigenvalue weighted by Gasteiger charge is 2.25. The molecule has 1 aliphatic rings. The van der Waals surface area contributed by atoms with Gasteiger partial charge in [-0.1, -0.05) is 30.3 Å². The van der Waals surface area contributed by atoms with Crippen LogP contribution in [0.1, 0.15) is 23.2 Å². The average Bonchev–Trinajstić information content (AvgIpc) is 3.36. The third-order valence-electron chi connectivity index (χ3n) is 6.35. The highest BCUT2D eigenvalue weighted by atomic mass is 16.5.